The van der Waals surface area contributed by atoms with E-state index in [0.29, 0.717) is 23.8 Å². The molecular weight excluding hydrogens is 384 g/mol. The molecule has 2 bridgehead atoms. The third kappa shape index (κ3) is 2.41. The lowest BCUT2D eigenvalue weighted by Crippen LogP contribution is -2.64. The molecule has 0 radical (unpaired) electrons. The Labute approximate surface area is 170 Å². The number of nitrogens with zero attached hydrogens (tertiary/aromatic N) is 2. The van der Waals surface area contributed by atoms with E-state index in [-0.39, 0.29) is 29.0 Å². The molecule has 2 heterocycles. The Hall–Kier alpha value is -1.57. The molecular formula is C19H25ClN4O2S. The summed E-state index contributed by atoms with van der Waals surface area (Å²) >= 11 is 4.93. The summed E-state index contributed by atoms with van der Waals surface area (Å²) in [4.78, 5) is 2.52. The number of hydrazone groups is 1. The Morgan fingerprint density at radius 2 is 2.26 bits per heavy atom. The van der Waals surface area contributed by atoms with E-state index in [4.69, 9.17) is 27.4 Å². The van der Waals surface area contributed by atoms with Gasteiger partial charge in [0.2, 0.25) is 0 Å². The summed E-state index contributed by atoms with van der Waals surface area (Å²) in [6.45, 7) is 1.08. The van der Waals surface area contributed by atoms with Gasteiger partial charge in [-0.15, -0.1) is 12.4 Å². The summed E-state index contributed by atoms with van der Waals surface area (Å²) in [5, 5.41) is 4.64. The predicted octanol–water partition coefficient (Wildman–Crippen LogP) is 1.94. The number of nitrogens with two attached hydrogens (primary N) is 1. The van der Waals surface area contributed by atoms with E-state index in [1.54, 1.807) is 7.11 Å². The first-order valence-corrected chi connectivity index (χ1v) is 9.61. The van der Waals surface area contributed by atoms with Gasteiger partial charge in [-0.1, -0.05) is 12.2 Å². The highest BCUT2D eigenvalue weighted by atomic mass is 35.5. The highest BCUT2D eigenvalue weighted by Crippen LogP contribution is 2.66. The highest BCUT2D eigenvalue weighted by Gasteiger charge is 2.69. The van der Waals surface area contributed by atoms with Crippen molar-refractivity contribution in [2.24, 2.45) is 34.0 Å². The van der Waals surface area contributed by atoms with Crippen molar-refractivity contribution in [1.82, 2.24) is 10.3 Å². The summed E-state index contributed by atoms with van der Waals surface area (Å²) < 4.78 is 12.2. The number of rotatable bonds is 2. The molecule has 3 aliphatic carbocycles. The molecule has 2 saturated heterocycles. The van der Waals surface area contributed by atoms with Crippen LogP contribution in [-0.2, 0) is 9.47 Å². The zero-order valence-electron chi connectivity index (χ0n) is 15.4. The topological polar surface area (TPSA) is 72.1 Å². The van der Waals surface area contributed by atoms with Gasteiger partial charge in [-0.2, -0.15) is 5.10 Å². The summed E-state index contributed by atoms with van der Waals surface area (Å²) in [5.74, 6) is 3.15. The Bertz CT molecular complexity index is 795. The van der Waals surface area contributed by atoms with Crippen molar-refractivity contribution < 1.29 is 9.47 Å². The minimum Gasteiger partial charge on any atom is -0.493 e. The second-order valence-electron chi connectivity index (χ2n) is 7.97. The molecule has 6 nitrogen and oxygen atoms in total. The molecule has 1 spiro atoms. The number of methoxy groups -OCH3 is 1. The molecule has 27 heavy (non-hydrogen) atoms. The maximum atomic E-state index is 6.59. The van der Waals surface area contributed by atoms with Gasteiger partial charge in [0.15, 0.2) is 10.9 Å². The largest absolute Gasteiger partial charge is 0.493 e. The first-order chi connectivity index (χ1) is 12.6. The minimum absolute atomic E-state index is 0. The van der Waals surface area contributed by atoms with Crippen molar-refractivity contribution in [3.63, 3.8) is 0 Å². The molecule has 0 aromatic heterocycles. The third-order valence-electron chi connectivity index (χ3n) is 7.03. The van der Waals surface area contributed by atoms with Crippen LogP contribution in [0.2, 0.25) is 0 Å². The fourth-order valence-corrected chi connectivity index (χ4v) is 6.11. The number of hydrogen-bond acceptors (Lipinski definition) is 5. The number of nitrogens with one attached hydrogen (secondary N) is 1. The fraction of sp³-hybridized carbons (Fsp3) is 0.579. The van der Waals surface area contributed by atoms with E-state index in [2.05, 4.69) is 46.8 Å². The number of ether oxygens (including phenoxy) is 2. The smallest absolute Gasteiger partial charge is 0.184 e. The predicted molar refractivity (Wildman–Crippen MR) is 110 cm³/mol. The average Bonchev–Trinajstić information content (AvgIpc) is 2.98. The average molecular weight is 409 g/mol. The molecule has 0 aromatic rings. The van der Waals surface area contributed by atoms with E-state index in [9.17, 15) is 0 Å². The lowest BCUT2D eigenvalue weighted by atomic mass is 9.48. The Morgan fingerprint density at radius 1 is 1.44 bits per heavy atom. The third-order valence-corrected chi connectivity index (χ3v) is 7.12. The van der Waals surface area contributed by atoms with Gasteiger partial charge in [-0.05, 0) is 56.7 Å². The van der Waals surface area contributed by atoms with Crippen LogP contribution in [0.3, 0.4) is 0 Å². The van der Waals surface area contributed by atoms with Crippen LogP contribution in [-0.4, -0.2) is 48.6 Å². The zero-order valence-corrected chi connectivity index (χ0v) is 17.1. The lowest BCUT2D eigenvalue weighted by molar-refractivity contribution is -0.0758. The van der Waals surface area contributed by atoms with E-state index >= 15 is 0 Å². The van der Waals surface area contributed by atoms with Gasteiger partial charge in [0.05, 0.1) is 7.11 Å². The van der Waals surface area contributed by atoms with E-state index in [1.807, 2.05) is 0 Å². The highest BCUT2D eigenvalue weighted by molar-refractivity contribution is 7.80. The first-order valence-electron chi connectivity index (χ1n) is 9.20. The molecule has 2 aliphatic heterocycles. The maximum Gasteiger partial charge on any atom is 0.184 e. The number of hydrogen-bond donors (Lipinski definition) is 2. The molecule has 5 aliphatic rings. The second kappa shape index (κ2) is 6.50. The summed E-state index contributed by atoms with van der Waals surface area (Å²) in [5.41, 5.74) is 9.23. The Kier molecular flexibility index (Phi) is 4.52. The van der Waals surface area contributed by atoms with E-state index in [0.717, 1.165) is 36.6 Å². The summed E-state index contributed by atoms with van der Waals surface area (Å²) in [6, 6.07) is 0.533. The Balaban J connectivity index is 0.00000180. The van der Waals surface area contributed by atoms with Gasteiger partial charge in [-0.3, -0.25) is 5.43 Å². The summed E-state index contributed by atoms with van der Waals surface area (Å²) in [6.07, 6.45) is 11.0. The molecule has 0 aromatic carbocycles. The van der Waals surface area contributed by atoms with Crippen LogP contribution < -0.4 is 11.2 Å². The number of likely N-dealkylation sites (tertiary alicyclic amines) is 1. The number of halogens is 1. The van der Waals surface area contributed by atoms with E-state index < -0.39 is 0 Å². The molecule has 1 saturated carbocycles. The van der Waals surface area contributed by atoms with Gasteiger partial charge >= 0.3 is 0 Å². The van der Waals surface area contributed by atoms with Gasteiger partial charge in [-0.25, -0.2) is 0 Å². The van der Waals surface area contributed by atoms with Crippen LogP contribution in [0.5, 0.6) is 0 Å². The fourth-order valence-electron chi connectivity index (χ4n) is 6.07. The first kappa shape index (κ1) is 18.8. The lowest BCUT2D eigenvalue weighted by Gasteiger charge is -2.59. The zero-order chi connectivity index (χ0) is 18.1. The van der Waals surface area contributed by atoms with Crippen molar-refractivity contribution in [1.29, 1.82) is 0 Å². The maximum absolute atomic E-state index is 6.59. The van der Waals surface area contributed by atoms with Crippen LogP contribution in [0.25, 0.3) is 0 Å². The molecule has 5 rings (SSSR count). The van der Waals surface area contributed by atoms with Gasteiger partial charge < -0.3 is 20.1 Å². The van der Waals surface area contributed by atoms with Crippen LogP contribution in [0.15, 0.2) is 40.9 Å². The number of thiocarbonyl (C=S) groups is 1. The second-order valence-corrected chi connectivity index (χ2v) is 8.41. The molecule has 8 heteroatoms. The van der Waals surface area contributed by atoms with Crippen molar-refractivity contribution in [2.45, 2.75) is 25.0 Å². The van der Waals surface area contributed by atoms with Crippen molar-refractivity contribution in [3.05, 3.63) is 35.8 Å². The van der Waals surface area contributed by atoms with Crippen molar-refractivity contribution >= 4 is 35.4 Å². The standard InChI is InChI=1S/C19H24N4O2S.ClH/c1-23-8-7-19-11-4-5-12(21-22-18(20)26)17(19)25-16-14(24-2)6-3-10(15(16)19)9-13(11)23;/h3-6,10-11,13,15,17H,7-9H2,1-2H3,(H3,20,22,26);1H/t10?,11-,13+,15?,17-,19-;/m0./s1. The molecule has 6 atom stereocenters. The summed E-state index contributed by atoms with van der Waals surface area (Å²) in [7, 11) is 3.97. The van der Waals surface area contributed by atoms with Crippen molar-refractivity contribution in [3.8, 4) is 0 Å². The SMILES string of the molecule is COC1=C2O[C@H]3C(=NNC(N)=S)C=C[C@H]4[C@H]5CC(C=C1)C2[C@@]34CCN5C.Cl. The molecule has 0 amide bonds. The number of allylic oxidation sites excluding steroid dienone is 3. The van der Waals surface area contributed by atoms with Crippen molar-refractivity contribution in [2.75, 3.05) is 20.7 Å². The minimum atomic E-state index is -0.0941. The molecule has 3 fully saturated rings. The van der Waals surface area contributed by atoms with Gasteiger partial charge in [0.1, 0.15) is 17.6 Å². The van der Waals surface area contributed by atoms with Gasteiger partial charge in [0.25, 0.3) is 0 Å². The monoisotopic (exact) mass is 408 g/mol. The van der Waals surface area contributed by atoms with Crippen LogP contribution in [0, 0.1) is 23.2 Å². The molecule has 2 unspecified atom stereocenters. The quantitative estimate of drug-likeness (QED) is 0.537. The van der Waals surface area contributed by atoms with Gasteiger partial charge in [0, 0.05) is 23.3 Å². The van der Waals surface area contributed by atoms with Crippen LogP contribution >= 0.6 is 24.6 Å². The molecule has 3 N–H and O–H groups in total. The number of piperidine rings is 1. The van der Waals surface area contributed by atoms with Crippen LogP contribution in [0.4, 0.5) is 0 Å². The van der Waals surface area contributed by atoms with Crippen LogP contribution in [0.1, 0.15) is 12.8 Å². The van der Waals surface area contributed by atoms with E-state index in [1.165, 1.54) is 0 Å². The Morgan fingerprint density at radius 3 is 3.00 bits per heavy atom. The normalized spacial score (nSPS) is 42.3. The molecule has 146 valence electrons.